The predicted molar refractivity (Wildman–Crippen MR) is 63.8 cm³/mol. The summed E-state index contributed by atoms with van der Waals surface area (Å²) in [5, 5.41) is 17.8. The fourth-order valence-electron chi connectivity index (χ4n) is 2.17. The van der Waals surface area contributed by atoms with Crippen molar-refractivity contribution in [2.24, 2.45) is 5.92 Å². The highest BCUT2D eigenvalue weighted by Crippen LogP contribution is 2.25. The van der Waals surface area contributed by atoms with Crippen LogP contribution in [0.15, 0.2) is 18.2 Å². The van der Waals surface area contributed by atoms with Crippen LogP contribution in [0.2, 0.25) is 0 Å². The summed E-state index contributed by atoms with van der Waals surface area (Å²) in [7, 11) is 0. The molecule has 0 spiro atoms. The first-order chi connectivity index (χ1) is 8.11. The molecule has 1 unspecified atom stereocenters. The maximum Gasteiger partial charge on any atom is 0.308 e. The Bertz CT molecular complexity index is 491. The van der Waals surface area contributed by atoms with Crippen molar-refractivity contribution in [2.45, 2.75) is 13.3 Å². The van der Waals surface area contributed by atoms with Gasteiger partial charge in [0.2, 0.25) is 0 Å². The van der Waals surface area contributed by atoms with Crippen LogP contribution >= 0.6 is 0 Å². The zero-order valence-corrected chi connectivity index (χ0v) is 9.68. The average Bonchev–Trinajstić information content (AvgIpc) is 2.78. The van der Waals surface area contributed by atoms with E-state index in [4.69, 9.17) is 10.4 Å². The first kappa shape index (κ1) is 11.5. The van der Waals surface area contributed by atoms with Crippen molar-refractivity contribution in [1.82, 2.24) is 0 Å². The van der Waals surface area contributed by atoms with Crippen LogP contribution in [0.5, 0.6) is 0 Å². The third-order valence-corrected chi connectivity index (χ3v) is 3.23. The molecule has 0 aliphatic carbocycles. The van der Waals surface area contributed by atoms with Gasteiger partial charge in [0.15, 0.2) is 0 Å². The van der Waals surface area contributed by atoms with Crippen molar-refractivity contribution in [3.05, 3.63) is 29.3 Å². The molecule has 2 rings (SSSR count). The van der Waals surface area contributed by atoms with Crippen LogP contribution in [0.4, 0.5) is 5.69 Å². The molecular weight excluding hydrogens is 216 g/mol. The average molecular weight is 230 g/mol. The molecule has 0 aromatic heterocycles. The maximum absolute atomic E-state index is 10.9. The second-order valence-electron chi connectivity index (χ2n) is 4.38. The van der Waals surface area contributed by atoms with E-state index in [0.29, 0.717) is 18.5 Å². The Hall–Kier alpha value is -2.02. The van der Waals surface area contributed by atoms with Gasteiger partial charge in [-0.1, -0.05) is 0 Å². The van der Waals surface area contributed by atoms with E-state index < -0.39 is 5.97 Å². The fraction of sp³-hybridized carbons (Fsp3) is 0.385. The summed E-state index contributed by atoms with van der Waals surface area (Å²) in [5.74, 6) is -0.996. The number of aryl methyl sites for hydroxylation is 1. The van der Waals surface area contributed by atoms with Crippen molar-refractivity contribution in [1.29, 1.82) is 5.26 Å². The number of carboxylic acid groups (broad SMARTS) is 1. The van der Waals surface area contributed by atoms with Crippen LogP contribution in [-0.2, 0) is 4.79 Å². The molecule has 0 saturated carbocycles. The number of anilines is 1. The SMILES string of the molecule is Cc1cc(N2CCC(C(=O)O)C2)ccc1C#N. The van der Waals surface area contributed by atoms with Gasteiger partial charge in [-0.3, -0.25) is 4.79 Å². The molecule has 1 N–H and O–H groups in total. The second-order valence-corrected chi connectivity index (χ2v) is 4.38. The van der Waals surface area contributed by atoms with Crippen LogP contribution in [-0.4, -0.2) is 24.2 Å². The first-order valence-electron chi connectivity index (χ1n) is 5.60. The zero-order chi connectivity index (χ0) is 12.4. The molecule has 4 heteroatoms. The highest BCUT2D eigenvalue weighted by molar-refractivity contribution is 5.72. The normalized spacial score (nSPS) is 19.1. The Morgan fingerprint density at radius 1 is 1.59 bits per heavy atom. The van der Waals surface area contributed by atoms with Gasteiger partial charge in [-0.25, -0.2) is 0 Å². The van der Waals surface area contributed by atoms with E-state index in [9.17, 15) is 4.79 Å². The highest BCUT2D eigenvalue weighted by atomic mass is 16.4. The zero-order valence-electron chi connectivity index (χ0n) is 9.68. The summed E-state index contributed by atoms with van der Waals surface area (Å²) in [5.41, 5.74) is 2.61. The number of nitrogens with zero attached hydrogens (tertiary/aromatic N) is 2. The molecule has 1 aromatic rings. The van der Waals surface area contributed by atoms with E-state index in [1.165, 1.54) is 0 Å². The summed E-state index contributed by atoms with van der Waals surface area (Å²) < 4.78 is 0. The van der Waals surface area contributed by atoms with Crippen LogP contribution in [0, 0.1) is 24.2 Å². The van der Waals surface area contributed by atoms with Crippen molar-refractivity contribution in [3.8, 4) is 6.07 Å². The number of carboxylic acids is 1. The van der Waals surface area contributed by atoms with Gasteiger partial charge in [-0.15, -0.1) is 0 Å². The van der Waals surface area contributed by atoms with Crippen LogP contribution in [0.3, 0.4) is 0 Å². The summed E-state index contributed by atoms with van der Waals surface area (Å²) in [6.07, 6.45) is 0.689. The summed E-state index contributed by atoms with van der Waals surface area (Å²) in [6, 6.07) is 7.75. The van der Waals surface area contributed by atoms with Crippen LogP contribution in [0.1, 0.15) is 17.5 Å². The number of nitriles is 1. The number of aliphatic carboxylic acids is 1. The Labute approximate surface area is 100 Å². The number of hydrogen-bond acceptors (Lipinski definition) is 3. The van der Waals surface area contributed by atoms with E-state index in [1.54, 1.807) is 6.07 Å². The molecule has 1 aliphatic rings. The van der Waals surface area contributed by atoms with Gasteiger partial charge in [0, 0.05) is 18.8 Å². The minimum absolute atomic E-state index is 0.272. The minimum Gasteiger partial charge on any atom is -0.481 e. The largest absolute Gasteiger partial charge is 0.481 e. The molecule has 0 radical (unpaired) electrons. The first-order valence-corrected chi connectivity index (χ1v) is 5.60. The lowest BCUT2D eigenvalue weighted by Crippen LogP contribution is -2.22. The van der Waals surface area contributed by atoms with Gasteiger partial charge < -0.3 is 10.0 Å². The van der Waals surface area contributed by atoms with Gasteiger partial charge in [0.25, 0.3) is 0 Å². The maximum atomic E-state index is 10.9. The standard InChI is InChI=1S/C13H14N2O2/c1-9-6-12(3-2-10(9)7-14)15-5-4-11(8-15)13(16)17/h2-3,6,11H,4-5,8H2,1H3,(H,16,17). The quantitative estimate of drug-likeness (QED) is 0.841. The Kier molecular flexibility index (Phi) is 3.01. The van der Waals surface area contributed by atoms with E-state index in [0.717, 1.165) is 17.8 Å². The molecule has 0 amide bonds. The van der Waals surface area contributed by atoms with Crippen molar-refractivity contribution >= 4 is 11.7 Å². The third kappa shape index (κ3) is 2.23. The van der Waals surface area contributed by atoms with E-state index in [-0.39, 0.29) is 5.92 Å². The van der Waals surface area contributed by atoms with E-state index in [2.05, 4.69) is 11.0 Å². The Balaban J connectivity index is 2.17. The lowest BCUT2D eigenvalue weighted by Gasteiger charge is -2.18. The van der Waals surface area contributed by atoms with E-state index in [1.807, 2.05) is 19.1 Å². The molecule has 4 nitrogen and oxygen atoms in total. The fourth-order valence-corrected chi connectivity index (χ4v) is 2.17. The third-order valence-electron chi connectivity index (χ3n) is 3.23. The van der Waals surface area contributed by atoms with Gasteiger partial charge in [0.05, 0.1) is 17.6 Å². The van der Waals surface area contributed by atoms with Gasteiger partial charge >= 0.3 is 5.97 Å². The van der Waals surface area contributed by atoms with Crippen LogP contribution < -0.4 is 4.90 Å². The molecule has 88 valence electrons. The predicted octanol–water partition coefficient (Wildman–Crippen LogP) is 1.78. The summed E-state index contributed by atoms with van der Waals surface area (Å²) >= 11 is 0. The highest BCUT2D eigenvalue weighted by Gasteiger charge is 2.28. The summed E-state index contributed by atoms with van der Waals surface area (Å²) in [6.45, 7) is 3.22. The molecule has 1 aliphatic heterocycles. The minimum atomic E-state index is -0.724. The number of benzene rings is 1. The molecule has 1 saturated heterocycles. The molecule has 0 bridgehead atoms. The number of carbonyl (C=O) groups is 1. The van der Waals surface area contributed by atoms with Gasteiger partial charge in [-0.2, -0.15) is 5.26 Å². The van der Waals surface area contributed by atoms with Crippen molar-refractivity contribution < 1.29 is 9.90 Å². The Morgan fingerprint density at radius 2 is 2.35 bits per heavy atom. The topological polar surface area (TPSA) is 64.3 Å². The van der Waals surface area contributed by atoms with Crippen molar-refractivity contribution in [2.75, 3.05) is 18.0 Å². The molecule has 17 heavy (non-hydrogen) atoms. The second kappa shape index (κ2) is 4.46. The lowest BCUT2D eigenvalue weighted by atomic mass is 10.1. The van der Waals surface area contributed by atoms with E-state index >= 15 is 0 Å². The van der Waals surface area contributed by atoms with Gasteiger partial charge in [0.1, 0.15) is 0 Å². The molecule has 1 aromatic carbocycles. The van der Waals surface area contributed by atoms with Crippen LogP contribution in [0.25, 0.3) is 0 Å². The number of hydrogen-bond donors (Lipinski definition) is 1. The monoisotopic (exact) mass is 230 g/mol. The molecule has 1 atom stereocenters. The molecule has 1 heterocycles. The molecule has 1 fully saturated rings. The Morgan fingerprint density at radius 3 is 2.88 bits per heavy atom. The lowest BCUT2D eigenvalue weighted by molar-refractivity contribution is -0.140. The van der Waals surface area contributed by atoms with Crippen molar-refractivity contribution in [3.63, 3.8) is 0 Å². The summed E-state index contributed by atoms with van der Waals surface area (Å²) in [4.78, 5) is 12.9. The number of rotatable bonds is 2. The smallest absolute Gasteiger partial charge is 0.308 e. The van der Waals surface area contributed by atoms with Gasteiger partial charge in [-0.05, 0) is 37.1 Å². The molecular formula is C13H14N2O2.